The maximum absolute atomic E-state index is 9.81. The van der Waals surface area contributed by atoms with E-state index in [0.29, 0.717) is 10.3 Å². The molecule has 0 atom stereocenters. The van der Waals surface area contributed by atoms with Crippen LogP contribution in [0, 0.1) is 0 Å². The van der Waals surface area contributed by atoms with Crippen molar-refractivity contribution in [3.63, 3.8) is 0 Å². The average molecular weight is 369 g/mol. The lowest BCUT2D eigenvalue weighted by molar-refractivity contribution is 0.552. The molecule has 0 spiro atoms. The van der Waals surface area contributed by atoms with E-state index < -0.39 is 0 Å². The van der Waals surface area contributed by atoms with E-state index in [2.05, 4.69) is 36.9 Å². The van der Waals surface area contributed by atoms with E-state index in [4.69, 9.17) is 0 Å². The zero-order valence-electron chi connectivity index (χ0n) is 10.5. The molecule has 0 aliphatic heterocycles. The van der Waals surface area contributed by atoms with Gasteiger partial charge in [-0.2, -0.15) is 0 Å². The number of hydrogen-bond acceptors (Lipinski definition) is 2. The second kappa shape index (κ2) is 14.4. The average Bonchev–Trinajstić information content (AvgIpc) is 2.30. The predicted octanol–water partition coefficient (Wildman–Crippen LogP) is 5.34. The van der Waals surface area contributed by atoms with Crippen LogP contribution in [0.2, 0.25) is 0 Å². The van der Waals surface area contributed by atoms with Crippen LogP contribution in [-0.2, 0) is 4.79 Å². The predicted molar refractivity (Wildman–Crippen MR) is 80.8 cm³/mol. The Balaban J connectivity index is 2.96. The summed E-state index contributed by atoms with van der Waals surface area (Å²) >= 11 is 6.98. The van der Waals surface area contributed by atoms with Crippen molar-refractivity contribution in [2.45, 2.75) is 67.9 Å². The zero-order valence-corrected chi connectivity index (χ0v) is 13.6. The van der Waals surface area contributed by atoms with Crippen LogP contribution in [0.5, 0.6) is 0 Å². The van der Waals surface area contributed by atoms with E-state index in [1.165, 1.54) is 57.8 Å². The van der Waals surface area contributed by atoms with Gasteiger partial charge >= 0.3 is 0 Å². The standard InChI is InChI=1S/C13H23Br2NO/c14-13(15)10-8-6-4-2-1-3-5-7-9-11-16-12-17/h13H,1-11H2. The van der Waals surface area contributed by atoms with Crippen molar-refractivity contribution in [1.29, 1.82) is 0 Å². The Hall–Kier alpha value is 0.340. The van der Waals surface area contributed by atoms with Crippen LogP contribution in [0.4, 0.5) is 0 Å². The minimum Gasteiger partial charge on any atom is -0.211 e. The second-order valence-corrected chi connectivity index (χ2v) is 7.77. The van der Waals surface area contributed by atoms with Gasteiger partial charge in [-0.25, -0.2) is 9.79 Å². The number of nitrogens with zero attached hydrogens (tertiary/aromatic N) is 1. The molecule has 0 fully saturated rings. The fourth-order valence-corrected chi connectivity index (χ4v) is 2.42. The second-order valence-electron chi connectivity index (χ2n) is 4.33. The van der Waals surface area contributed by atoms with E-state index in [0.717, 1.165) is 6.42 Å². The molecule has 0 aromatic rings. The van der Waals surface area contributed by atoms with E-state index in [9.17, 15) is 4.79 Å². The molecule has 100 valence electrons. The van der Waals surface area contributed by atoms with Crippen LogP contribution in [0.15, 0.2) is 4.99 Å². The van der Waals surface area contributed by atoms with Crippen molar-refractivity contribution in [2.75, 3.05) is 6.54 Å². The Labute approximate surface area is 122 Å². The van der Waals surface area contributed by atoms with E-state index in [1.54, 1.807) is 6.08 Å². The zero-order chi connectivity index (χ0) is 12.8. The first-order chi connectivity index (χ1) is 8.27. The molecule has 0 N–H and O–H groups in total. The molecule has 0 amide bonds. The highest BCUT2D eigenvalue weighted by molar-refractivity contribution is 9.24. The summed E-state index contributed by atoms with van der Waals surface area (Å²) in [7, 11) is 0. The first kappa shape index (κ1) is 17.3. The molecule has 2 nitrogen and oxygen atoms in total. The van der Waals surface area contributed by atoms with Crippen LogP contribution >= 0.6 is 31.9 Å². The number of isocyanates is 1. The molecule has 0 aliphatic rings. The molecule has 0 aliphatic carbocycles. The minimum absolute atomic E-state index is 0.490. The van der Waals surface area contributed by atoms with Crippen molar-refractivity contribution in [2.24, 2.45) is 4.99 Å². The maximum Gasteiger partial charge on any atom is 0.234 e. The molecule has 0 aromatic carbocycles. The monoisotopic (exact) mass is 367 g/mol. The van der Waals surface area contributed by atoms with Crippen molar-refractivity contribution < 1.29 is 4.79 Å². The van der Waals surface area contributed by atoms with Crippen LogP contribution in [-0.4, -0.2) is 16.4 Å². The largest absolute Gasteiger partial charge is 0.234 e. The van der Waals surface area contributed by atoms with Gasteiger partial charge < -0.3 is 0 Å². The lowest BCUT2D eigenvalue weighted by atomic mass is 10.1. The molecule has 0 rings (SSSR count). The Kier molecular flexibility index (Phi) is 14.7. The number of aliphatic imine (C=N–C) groups is 1. The number of unbranched alkanes of at least 4 members (excludes halogenated alkanes) is 8. The molecule has 0 bridgehead atoms. The van der Waals surface area contributed by atoms with Gasteiger partial charge in [-0.1, -0.05) is 83.2 Å². The van der Waals surface area contributed by atoms with Gasteiger partial charge in [-0.05, 0) is 12.8 Å². The van der Waals surface area contributed by atoms with Crippen molar-refractivity contribution in [1.82, 2.24) is 0 Å². The van der Waals surface area contributed by atoms with Crippen molar-refractivity contribution >= 4 is 37.9 Å². The van der Waals surface area contributed by atoms with E-state index in [-0.39, 0.29) is 0 Å². The summed E-state index contributed by atoms with van der Waals surface area (Å²) in [6.45, 7) is 0.657. The fourth-order valence-electron chi connectivity index (χ4n) is 1.77. The number of alkyl halides is 2. The SMILES string of the molecule is O=C=NCCCCCCCCCCCC(Br)Br. The van der Waals surface area contributed by atoms with Gasteiger partial charge in [0.2, 0.25) is 6.08 Å². The third-order valence-corrected chi connectivity index (χ3v) is 3.67. The van der Waals surface area contributed by atoms with E-state index in [1.807, 2.05) is 0 Å². The van der Waals surface area contributed by atoms with Gasteiger partial charge in [0.15, 0.2) is 0 Å². The van der Waals surface area contributed by atoms with Gasteiger partial charge in [0.25, 0.3) is 0 Å². The molecule has 0 aromatic heterocycles. The molecule has 17 heavy (non-hydrogen) atoms. The highest BCUT2D eigenvalue weighted by atomic mass is 79.9. The topological polar surface area (TPSA) is 29.4 Å². The lowest BCUT2D eigenvalue weighted by Crippen LogP contribution is -1.86. The van der Waals surface area contributed by atoms with Gasteiger partial charge in [0.1, 0.15) is 0 Å². The van der Waals surface area contributed by atoms with Gasteiger partial charge in [0, 0.05) is 0 Å². The van der Waals surface area contributed by atoms with E-state index >= 15 is 0 Å². The van der Waals surface area contributed by atoms with Crippen LogP contribution < -0.4 is 0 Å². The Bertz CT molecular complexity index is 204. The minimum atomic E-state index is 0.490. The van der Waals surface area contributed by atoms with Crippen LogP contribution in [0.1, 0.15) is 64.2 Å². The molecule has 0 radical (unpaired) electrons. The molecule has 0 unspecified atom stereocenters. The van der Waals surface area contributed by atoms with Gasteiger partial charge in [0.05, 0.1) is 10.3 Å². The smallest absolute Gasteiger partial charge is 0.211 e. The number of carbonyl (C=O) groups excluding carboxylic acids is 1. The lowest BCUT2D eigenvalue weighted by Gasteiger charge is -2.02. The summed E-state index contributed by atoms with van der Waals surface area (Å²) in [5, 5.41) is 0. The quantitative estimate of drug-likeness (QED) is 0.198. The Morgan fingerprint density at radius 2 is 1.29 bits per heavy atom. The molecule has 0 saturated carbocycles. The van der Waals surface area contributed by atoms with Gasteiger partial charge in [-0.15, -0.1) is 0 Å². The highest BCUT2D eigenvalue weighted by Crippen LogP contribution is 2.17. The Morgan fingerprint density at radius 3 is 1.76 bits per heavy atom. The molecule has 0 heterocycles. The van der Waals surface area contributed by atoms with Crippen LogP contribution in [0.25, 0.3) is 0 Å². The normalized spacial score (nSPS) is 10.5. The summed E-state index contributed by atoms with van der Waals surface area (Å²) in [6.07, 6.45) is 14.4. The first-order valence-electron chi connectivity index (χ1n) is 6.59. The summed E-state index contributed by atoms with van der Waals surface area (Å²) in [5.74, 6) is 0. The summed E-state index contributed by atoms with van der Waals surface area (Å²) in [6, 6.07) is 0. The van der Waals surface area contributed by atoms with Crippen LogP contribution in [0.3, 0.4) is 0 Å². The molecular formula is C13H23Br2NO. The Morgan fingerprint density at radius 1 is 0.824 bits per heavy atom. The third kappa shape index (κ3) is 16.3. The highest BCUT2D eigenvalue weighted by Gasteiger charge is 1.97. The van der Waals surface area contributed by atoms with Crippen molar-refractivity contribution in [3.05, 3.63) is 0 Å². The number of halogens is 2. The molecule has 4 heteroatoms. The fraction of sp³-hybridized carbons (Fsp3) is 0.923. The number of hydrogen-bond donors (Lipinski definition) is 0. The third-order valence-electron chi connectivity index (χ3n) is 2.76. The first-order valence-corrected chi connectivity index (χ1v) is 8.42. The summed E-state index contributed by atoms with van der Waals surface area (Å²) in [5.41, 5.74) is 0. The summed E-state index contributed by atoms with van der Waals surface area (Å²) in [4.78, 5) is 13.4. The molecular weight excluding hydrogens is 346 g/mol. The number of rotatable bonds is 12. The molecule has 0 saturated heterocycles. The van der Waals surface area contributed by atoms with Gasteiger partial charge in [-0.3, -0.25) is 0 Å². The van der Waals surface area contributed by atoms with Crippen molar-refractivity contribution in [3.8, 4) is 0 Å². The summed E-state index contributed by atoms with van der Waals surface area (Å²) < 4.78 is 0.490. The maximum atomic E-state index is 9.81.